The maximum Gasteiger partial charge on any atom is 0.226 e. The molecule has 5 heteroatoms. The molecule has 1 amide bonds. The number of nitrogens with two attached hydrogens (primary N) is 1. The molecule has 0 aromatic heterocycles. The molecule has 1 heterocycles. The second-order valence-corrected chi connectivity index (χ2v) is 6.29. The van der Waals surface area contributed by atoms with Crippen LogP contribution in [0.3, 0.4) is 0 Å². The lowest BCUT2D eigenvalue weighted by Crippen LogP contribution is -2.59. The molecule has 1 saturated carbocycles. The molecule has 1 saturated heterocycles. The first-order valence-electron chi connectivity index (χ1n) is 7.27. The van der Waals surface area contributed by atoms with Gasteiger partial charge in [-0.1, -0.05) is 25.6 Å². The molecule has 2 fully saturated rings. The molecule has 3 N–H and O–H groups in total. The van der Waals surface area contributed by atoms with Crippen molar-refractivity contribution in [1.29, 1.82) is 0 Å². The summed E-state index contributed by atoms with van der Waals surface area (Å²) in [5.41, 5.74) is 5.46. The van der Waals surface area contributed by atoms with Gasteiger partial charge in [-0.3, -0.25) is 4.79 Å². The van der Waals surface area contributed by atoms with Crippen LogP contribution in [0.5, 0.6) is 0 Å². The number of hydrogen-bond acceptors (Lipinski definition) is 3. The van der Waals surface area contributed by atoms with Crippen LogP contribution in [0.1, 0.15) is 45.4 Å². The molecule has 19 heavy (non-hydrogen) atoms. The number of carbonyl (C=O) groups is 1. The van der Waals surface area contributed by atoms with Gasteiger partial charge in [0.15, 0.2) is 0 Å². The van der Waals surface area contributed by atoms with Gasteiger partial charge in [0.05, 0.1) is 23.1 Å². The highest BCUT2D eigenvalue weighted by molar-refractivity contribution is 7.80. The van der Waals surface area contributed by atoms with Crippen LogP contribution in [0.2, 0.25) is 0 Å². The van der Waals surface area contributed by atoms with E-state index in [-0.39, 0.29) is 11.8 Å². The average Bonchev–Trinajstić information content (AvgIpc) is 2.93. The molecule has 0 aromatic carbocycles. The number of nitrogens with one attached hydrogen (secondary N) is 1. The minimum atomic E-state index is -0.458. The van der Waals surface area contributed by atoms with Gasteiger partial charge in [0, 0.05) is 6.61 Å². The van der Waals surface area contributed by atoms with Crippen molar-refractivity contribution in [2.24, 2.45) is 17.6 Å². The lowest BCUT2D eigenvalue weighted by atomic mass is 9.75. The zero-order chi connectivity index (χ0) is 13.9. The van der Waals surface area contributed by atoms with Gasteiger partial charge in [-0.25, -0.2) is 0 Å². The van der Waals surface area contributed by atoms with Gasteiger partial charge in [-0.2, -0.15) is 0 Å². The van der Waals surface area contributed by atoms with Crippen LogP contribution >= 0.6 is 12.2 Å². The van der Waals surface area contributed by atoms with Crippen molar-refractivity contribution in [3.8, 4) is 0 Å². The summed E-state index contributed by atoms with van der Waals surface area (Å²) in [4.78, 5) is 12.7. The average molecular weight is 284 g/mol. The fraction of sp³-hybridized carbons (Fsp3) is 0.857. The fourth-order valence-electron chi connectivity index (χ4n) is 3.09. The van der Waals surface area contributed by atoms with Crippen molar-refractivity contribution >= 4 is 23.1 Å². The van der Waals surface area contributed by atoms with E-state index in [1.54, 1.807) is 0 Å². The number of thiocarbonyl (C=S) groups is 1. The van der Waals surface area contributed by atoms with Crippen LogP contribution in [0.4, 0.5) is 0 Å². The van der Waals surface area contributed by atoms with Crippen molar-refractivity contribution in [2.75, 3.05) is 13.2 Å². The Morgan fingerprint density at radius 2 is 2.11 bits per heavy atom. The first kappa shape index (κ1) is 14.7. The van der Waals surface area contributed by atoms with E-state index < -0.39 is 5.54 Å². The van der Waals surface area contributed by atoms with Crippen LogP contribution in [0, 0.1) is 11.8 Å². The fourth-order valence-corrected chi connectivity index (χ4v) is 3.35. The maximum atomic E-state index is 12.3. The predicted molar refractivity (Wildman–Crippen MR) is 78.8 cm³/mol. The number of amides is 1. The Morgan fingerprint density at radius 1 is 1.42 bits per heavy atom. The highest BCUT2D eigenvalue weighted by Gasteiger charge is 2.40. The second-order valence-electron chi connectivity index (χ2n) is 5.85. The Balaban J connectivity index is 2.00. The molecular weight excluding hydrogens is 260 g/mol. The molecule has 0 radical (unpaired) electrons. The number of rotatable bonds is 4. The van der Waals surface area contributed by atoms with Gasteiger partial charge < -0.3 is 15.8 Å². The third-order valence-electron chi connectivity index (χ3n) is 4.67. The van der Waals surface area contributed by atoms with E-state index >= 15 is 0 Å². The SMILES string of the molecule is CCC1CCC(NC(=O)C2CCOC2)(C(N)=S)CC1. The summed E-state index contributed by atoms with van der Waals surface area (Å²) in [6.45, 7) is 3.42. The molecule has 0 spiro atoms. The molecule has 0 aromatic rings. The third-order valence-corrected chi connectivity index (χ3v) is 5.06. The van der Waals surface area contributed by atoms with E-state index in [4.69, 9.17) is 22.7 Å². The lowest BCUT2D eigenvalue weighted by molar-refractivity contribution is -0.126. The topological polar surface area (TPSA) is 64.3 Å². The van der Waals surface area contributed by atoms with Gasteiger partial charge in [0.2, 0.25) is 5.91 Å². The van der Waals surface area contributed by atoms with Crippen LogP contribution < -0.4 is 11.1 Å². The summed E-state index contributed by atoms with van der Waals surface area (Å²) >= 11 is 5.23. The molecule has 108 valence electrons. The second kappa shape index (κ2) is 6.18. The summed E-state index contributed by atoms with van der Waals surface area (Å²) in [6.07, 6.45) is 5.93. The predicted octanol–water partition coefficient (Wildman–Crippen LogP) is 1.76. The van der Waals surface area contributed by atoms with Crippen LogP contribution in [-0.2, 0) is 9.53 Å². The normalized spacial score (nSPS) is 35.0. The summed E-state index contributed by atoms with van der Waals surface area (Å²) in [7, 11) is 0. The highest BCUT2D eigenvalue weighted by Crippen LogP contribution is 2.34. The molecule has 1 aliphatic carbocycles. The highest BCUT2D eigenvalue weighted by atomic mass is 32.1. The standard InChI is InChI=1S/C14H24N2O2S/c1-2-10-3-6-14(7-4-10,13(15)19)16-12(17)11-5-8-18-9-11/h10-11H,2-9H2,1H3,(H2,15,19)(H,16,17). The Morgan fingerprint density at radius 3 is 2.58 bits per heavy atom. The van der Waals surface area contributed by atoms with Crippen molar-refractivity contribution < 1.29 is 9.53 Å². The quantitative estimate of drug-likeness (QED) is 0.772. The Kier molecular flexibility index (Phi) is 4.79. The van der Waals surface area contributed by atoms with E-state index in [1.807, 2.05) is 0 Å². The Hall–Kier alpha value is -0.680. The van der Waals surface area contributed by atoms with E-state index in [0.29, 0.717) is 18.2 Å². The molecule has 2 aliphatic rings. The third kappa shape index (κ3) is 3.26. The largest absolute Gasteiger partial charge is 0.391 e. The van der Waals surface area contributed by atoms with Crippen molar-refractivity contribution in [3.05, 3.63) is 0 Å². The molecule has 2 rings (SSSR count). The zero-order valence-electron chi connectivity index (χ0n) is 11.6. The summed E-state index contributed by atoms with van der Waals surface area (Å²) in [5, 5.41) is 3.13. The van der Waals surface area contributed by atoms with Gasteiger partial charge in [0.25, 0.3) is 0 Å². The first-order chi connectivity index (χ1) is 9.07. The molecule has 1 atom stereocenters. The molecule has 1 unspecified atom stereocenters. The maximum absolute atomic E-state index is 12.3. The lowest BCUT2D eigenvalue weighted by Gasteiger charge is -2.40. The molecular formula is C14H24N2O2S. The molecule has 0 bridgehead atoms. The van der Waals surface area contributed by atoms with Crippen LogP contribution in [0.15, 0.2) is 0 Å². The number of carbonyl (C=O) groups excluding carboxylic acids is 1. The Bertz CT molecular complexity index is 345. The van der Waals surface area contributed by atoms with E-state index in [2.05, 4.69) is 12.2 Å². The summed E-state index contributed by atoms with van der Waals surface area (Å²) in [6, 6.07) is 0. The van der Waals surface area contributed by atoms with E-state index in [1.165, 1.54) is 6.42 Å². The van der Waals surface area contributed by atoms with Crippen molar-refractivity contribution in [3.63, 3.8) is 0 Å². The molecule has 1 aliphatic heterocycles. The van der Waals surface area contributed by atoms with Crippen LogP contribution in [0.25, 0.3) is 0 Å². The Labute approximate surface area is 120 Å². The first-order valence-corrected chi connectivity index (χ1v) is 7.68. The summed E-state index contributed by atoms with van der Waals surface area (Å²) in [5.74, 6) is 0.768. The minimum absolute atomic E-state index is 0.0323. The monoisotopic (exact) mass is 284 g/mol. The van der Waals surface area contributed by atoms with E-state index in [9.17, 15) is 4.79 Å². The number of ether oxygens (including phenoxy) is 1. The van der Waals surface area contributed by atoms with Crippen LogP contribution in [-0.4, -0.2) is 29.6 Å². The summed E-state index contributed by atoms with van der Waals surface area (Å²) < 4.78 is 5.27. The van der Waals surface area contributed by atoms with Gasteiger partial charge in [-0.05, 0) is 38.0 Å². The minimum Gasteiger partial charge on any atom is -0.391 e. The van der Waals surface area contributed by atoms with Crippen molar-refractivity contribution in [1.82, 2.24) is 5.32 Å². The smallest absolute Gasteiger partial charge is 0.226 e. The van der Waals surface area contributed by atoms with Crippen molar-refractivity contribution in [2.45, 2.75) is 51.0 Å². The van der Waals surface area contributed by atoms with Gasteiger partial charge in [0.1, 0.15) is 0 Å². The van der Waals surface area contributed by atoms with E-state index in [0.717, 1.165) is 38.0 Å². The number of hydrogen-bond donors (Lipinski definition) is 2. The van der Waals surface area contributed by atoms with Gasteiger partial charge >= 0.3 is 0 Å². The molecule has 4 nitrogen and oxygen atoms in total. The zero-order valence-corrected chi connectivity index (χ0v) is 12.4. The van der Waals surface area contributed by atoms with Gasteiger partial charge in [-0.15, -0.1) is 0 Å².